The largest absolute Gasteiger partial charge is 0.495 e. The fraction of sp³-hybridized carbons (Fsp3) is 0.350. The van der Waals surface area contributed by atoms with Crippen molar-refractivity contribution in [2.45, 2.75) is 18.9 Å². The molecule has 3 rings (SSSR count). The Morgan fingerprint density at radius 1 is 1.35 bits per heavy atom. The number of aryl methyl sites for hydroxylation is 1. The summed E-state index contributed by atoms with van der Waals surface area (Å²) in [7, 11) is 1.57. The van der Waals surface area contributed by atoms with Gasteiger partial charge in [0.05, 0.1) is 18.2 Å². The van der Waals surface area contributed by atoms with Crippen molar-refractivity contribution in [1.82, 2.24) is 10.2 Å². The third kappa shape index (κ3) is 4.34. The first-order valence-electron chi connectivity index (χ1n) is 8.66. The average molecular weight is 377 g/mol. The summed E-state index contributed by atoms with van der Waals surface area (Å²) in [5, 5.41) is 3.82. The molecule has 1 amide bonds. The molecule has 0 saturated carbocycles. The Labute approximate surface area is 157 Å². The van der Waals surface area contributed by atoms with Crippen LogP contribution >= 0.6 is 11.6 Å². The number of halogens is 2. The number of hydrogen-bond acceptors (Lipinski definition) is 3. The number of ether oxygens (including phenoxy) is 1. The number of amides is 1. The molecule has 26 heavy (non-hydrogen) atoms. The molecule has 2 aromatic carbocycles. The number of carbonyl (C=O) groups is 1. The molecule has 0 aliphatic carbocycles. The van der Waals surface area contributed by atoms with Gasteiger partial charge in [-0.05, 0) is 41.8 Å². The third-order valence-corrected chi connectivity index (χ3v) is 4.94. The van der Waals surface area contributed by atoms with Crippen molar-refractivity contribution >= 4 is 17.5 Å². The van der Waals surface area contributed by atoms with Crippen LogP contribution in [0.2, 0.25) is 5.02 Å². The van der Waals surface area contributed by atoms with Crippen LogP contribution < -0.4 is 10.1 Å². The van der Waals surface area contributed by atoms with Gasteiger partial charge in [0.15, 0.2) is 0 Å². The normalized spacial score (nSPS) is 17.2. The molecule has 138 valence electrons. The molecule has 1 N–H and O–H groups in total. The van der Waals surface area contributed by atoms with Crippen LogP contribution in [0.5, 0.6) is 5.75 Å². The number of carbonyl (C=O) groups excluding carboxylic acids is 1. The van der Waals surface area contributed by atoms with Crippen LogP contribution in [0.1, 0.15) is 23.6 Å². The van der Waals surface area contributed by atoms with Gasteiger partial charge in [-0.2, -0.15) is 0 Å². The van der Waals surface area contributed by atoms with Gasteiger partial charge in [0.1, 0.15) is 11.6 Å². The summed E-state index contributed by atoms with van der Waals surface area (Å²) in [6.45, 7) is 1.98. The Hall–Kier alpha value is -2.11. The van der Waals surface area contributed by atoms with E-state index in [0.717, 1.165) is 17.7 Å². The van der Waals surface area contributed by atoms with Crippen LogP contribution in [0.3, 0.4) is 0 Å². The molecule has 0 bridgehead atoms. The van der Waals surface area contributed by atoms with Gasteiger partial charge in [-0.15, -0.1) is 0 Å². The summed E-state index contributed by atoms with van der Waals surface area (Å²) >= 11 is 6.15. The third-order valence-electron chi connectivity index (χ3n) is 4.64. The summed E-state index contributed by atoms with van der Waals surface area (Å²) in [6, 6.07) is 11.9. The molecule has 2 aromatic rings. The van der Waals surface area contributed by atoms with E-state index in [9.17, 15) is 9.18 Å². The van der Waals surface area contributed by atoms with E-state index in [1.54, 1.807) is 13.2 Å². The SMILES string of the molecule is COc1ccc(CCC(=O)N2CCNCC2c2cccc(F)c2)cc1Cl. The van der Waals surface area contributed by atoms with Gasteiger partial charge in [0.25, 0.3) is 0 Å². The van der Waals surface area contributed by atoms with Gasteiger partial charge in [-0.1, -0.05) is 29.8 Å². The molecule has 1 saturated heterocycles. The molecule has 4 nitrogen and oxygen atoms in total. The molecule has 0 aromatic heterocycles. The van der Waals surface area contributed by atoms with E-state index < -0.39 is 0 Å². The first kappa shape index (κ1) is 18.7. The predicted octanol–water partition coefficient (Wildman–Crippen LogP) is 3.59. The summed E-state index contributed by atoms with van der Waals surface area (Å²) in [5.74, 6) is 0.399. The minimum absolute atomic E-state index is 0.0627. The topological polar surface area (TPSA) is 41.6 Å². The number of methoxy groups -OCH3 is 1. The fourth-order valence-electron chi connectivity index (χ4n) is 3.27. The van der Waals surface area contributed by atoms with Crippen molar-refractivity contribution in [2.24, 2.45) is 0 Å². The second-order valence-electron chi connectivity index (χ2n) is 6.33. The van der Waals surface area contributed by atoms with E-state index in [1.807, 2.05) is 29.2 Å². The Bertz CT molecular complexity index is 784. The second-order valence-corrected chi connectivity index (χ2v) is 6.74. The summed E-state index contributed by atoms with van der Waals surface area (Å²) in [4.78, 5) is 14.6. The van der Waals surface area contributed by atoms with E-state index in [2.05, 4.69) is 5.32 Å². The molecule has 1 aliphatic heterocycles. The molecule has 1 heterocycles. The minimum atomic E-state index is -0.284. The number of benzene rings is 2. The maximum absolute atomic E-state index is 13.6. The number of rotatable bonds is 5. The maximum Gasteiger partial charge on any atom is 0.223 e. The molecule has 1 fully saturated rings. The molecule has 1 unspecified atom stereocenters. The summed E-state index contributed by atoms with van der Waals surface area (Å²) < 4.78 is 18.7. The van der Waals surface area contributed by atoms with E-state index in [0.29, 0.717) is 36.7 Å². The molecular weight excluding hydrogens is 355 g/mol. The minimum Gasteiger partial charge on any atom is -0.495 e. The van der Waals surface area contributed by atoms with Crippen molar-refractivity contribution < 1.29 is 13.9 Å². The first-order chi connectivity index (χ1) is 12.6. The van der Waals surface area contributed by atoms with Gasteiger partial charge in [-0.3, -0.25) is 4.79 Å². The summed E-state index contributed by atoms with van der Waals surface area (Å²) in [6.07, 6.45) is 0.983. The lowest BCUT2D eigenvalue weighted by Gasteiger charge is -2.36. The lowest BCUT2D eigenvalue weighted by Crippen LogP contribution is -2.48. The highest BCUT2D eigenvalue weighted by Gasteiger charge is 2.27. The number of piperazine rings is 1. The van der Waals surface area contributed by atoms with Crippen molar-refractivity contribution in [3.05, 3.63) is 64.4 Å². The van der Waals surface area contributed by atoms with Crippen LogP contribution in [-0.4, -0.2) is 37.6 Å². The van der Waals surface area contributed by atoms with Crippen molar-refractivity contribution in [2.75, 3.05) is 26.7 Å². The number of nitrogens with one attached hydrogen (secondary N) is 1. The lowest BCUT2D eigenvalue weighted by molar-refractivity contribution is -0.134. The molecule has 6 heteroatoms. The van der Waals surface area contributed by atoms with Gasteiger partial charge in [-0.25, -0.2) is 4.39 Å². The van der Waals surface area contributed by atoms with E-state index >= 15 is 0 Å². The van der Waals surface area contributed by atoms with Crippen LogP contribution in [0.4, 0.5) is 4.39 Å². The van der Waals surface area contributed by atoms with E-state index in [1.165, 1.54) is 12.1 Å². The first-order valence-corrected chi connectivity index (χ1v) is 9.04. The summed E-state index contributed by atoms with van der Waals surface area (Å²) in [5.41, 5.74) is 1.81. The van der Waals surface area contributed by atoms with Crippen LogP contribution in [0, 0.1) is 5.82 Å². The molecule has 0 spiro atoms. The van der Waals surface area contributed by atoms with Crippen LogP contribution in [0.15, 0.2) is 42.5 Å². The molecule has 0 radical (unpaired) electrons. The van der Waals surface area contributed by atoms with Crippen molar-refractivity contribution in [1.29, 1.82) is 0 Å². The zero-order valence-electron chi connectivity index (χ0n) is 14.7. The zero-order valence-corrected chi connectivity index (χ0v) is 15.4. The maximum atomic E-state index is 13.6. The monoisotopic (exact) mass is 376 g/mol. The van der Waals surface area contributed by atoms with Crippen molar-refractivity contribution in [3.63, 3.8) is 0 Å². The van der Waals surface area contributed by atoms with Gasteiger partial charge >= 0.3 is 0 Å². The standard InChI is InChI=1S/C20H22ClFN2O2/c1-26-19-7-5-14(11-17(19)21)6-8-20(25)24-10-9-23-13-18(24)15-3-2-4-16(22)12-15/h2-5,7,11-12,18,23H,6,8-10,13H2,1H3. The van der Waals surface area contributed by atoms with E-state index in [-0.39, 0.29) is 17.8 Å². The quantitative estimate of drug-likeness (QED) is 0.867. The van der Waals surface area contributed by atoms with Gasteiger partial charge in [0, 0.05) is 26.1 Å². The zero-order chi connectivity index (χ0) is 18.5. The van der Waals surface area contributed by atoms with Gasteiger partial charge < -0.3 is 15.0 Å². The van der Waals surface area contributed by atoms with Crippen molar-refractivity contribution in [3.8, 4) is 5.75 Å². The Balaban J connectivity index is 1.68. The smallest absolute Gasteiger partial charge is 0.223 e. The second kappa shape index (κ2) is 8.52. The highest BCUT2D eigenvalue weighted by Crippen LogP contribution is 2.27. The Kier molecular flexibility index (Phi) is 6.12. The molecular formula is C20H22ClFN2O2. The van der Waals surface area contributed by atoms with E-state index in [4.69, 9.17) is 16.3 Å². The van der Waals surface area contributed by atoms with Crippen LogP contribution in [-0.2, 0) is 11.2 Å². The Morgan fingerprint density at radius 2 is 2.19 bits per heavy atom. The Morgan fingerprint density at radius 3 is 2.92 bits per heavy atom. The fourth-order valence-corrected chi connectivity index (χ4v) is 3.56. The molecule has 1 aliphatic rings. The average Bonchev–Trinajstić information content (AvgIpc) is 2.66. The highest BCUT2D eigenvalue weighted by molar-refractivity contribution is 6.32. The number of nitrogens with zero attached hydrogens (tertiary/aromatic N) is 1. The van der Waals surface area contributed by atoms with Gasteiger partial charge in [0.2, 0.25) is 5.91 Å². The van der Waals surface area contributed by atoms with Crippen LogP contribution in [0.25, 0.3) is 0 Å². The lowest BCUT2D eigenvalue weighted by atomic mass is 10.0. The number of hydrogen-bond donors (Lipinski definition) is 1. The predicted molar refractivity (Wildman–Crippen MR) is 100 cm³/mol. The molecule has 1 atom stereocenters. The highest BCUT2D eigenvalue weighted by atomic mass is 35.5.